The molecule has 0 fully saturated rings. The monoisotopic (exact) mass is 283 g/mol. The van der Waals surface area contributed by atoms with Crippen LogP contribution in [0, 0.1) is 0 Å². The fourth-order valence-electron chi connectivity index (χ4n) is 2.11. The summed E-state index contributed by atoms with van der Waals surface area (Å²) >= 11 is 6.07. The van der Waals surface area contributed by atoms with Crippen molar-refractivity contribution in [3.8, 4) is 11.3 Å². The van der Waals surface area contributed by atoms with Crippen molar-refractivity contribution in [2.75, 3.05) is 19.0 Å². The van der Waals surface area contributed by atoms with Gasteiger partial charge in [0, 0.05) is 30.1 Å². The van der Waals surface area contributed by atoms with Crippen LogP contribution in [-0.2, 0) is 0 Å². The fourth-order valence-corrected chi connectivity index (χ4v) is 2.27. The molecule has 0 aliphatic rings. The minimum absolute atomic E-state index is 0.679. The average Bonchev–Trinajstić information content (AvgIpc) is 2.46. The maximum atomic E-state index is 6.07. The van der Waals surface area contributed by atoms with Crippen molar-refractivity contribution in [1.29, 1.82) is 0 Å². The molecule has 3 rings (SSSR count). The molecule has 0 bridgehead atoms. The standard InChI is InChI=1S/C16H14ClN3/c1-20(2)16-18-14-10-12(17)8-9-13(14)15(19-16)11-6-4-3-5-7-11/h3-10H,1-2H3. The third-order valence-corrected chi connectivity index (χ3v) is 3.33. The molecule has 0 radical (unpaired) electrons. The van der Waals surface area contributed by atoms with E-state index in [-0.39, 0.29) is 0 Å². The van der Waals surface area contributed by atoms with E-state index in [9.17, 15) is 0 Å². The number of hydrogen-bond acceptors (Lipinski definition) is 3. The molecule has 0 spiro atoms. The Morgan fingerprint density at radius 2 is 1.70 bits per heavy atom. The number of aromatic nitrogens is 2. The molecular formula is C16H14ClN3. The predicted molar refractivity (Wildman–Crippen MR) is 84.3 cm³/mol. The summed E-state index contributed by atoms with van der Waals surface area (Å²) in [5.74, 6) is 0.679. The molecule has 0 N–H and O–H groups in total. The Bertz CT molecular complexity index is 754. The highest BCUT2D eigenvalue weighted by atomic mass is 35.5. The van der Waals surface area contributed by atoms with Crippen LogP contribution in [0.25, 0.3) is 22.2 Å². The summed E-state index contributed by atoms with van der Waals surface area (Å²) in [6, 6.07) is 15.8. The van der Waals surface area contributed by atoms with Crippen LogP contribution in [0.5, 0.6) is 0 Å². The van der Waals surface area contributed by atoms with E-state index in [0.717, 1.165) is 22.2 Å². The molecule has 0 saturated heterocycles. The Kier molecular flexibility index (Phi) is 3.28. The molecule has 0 aliphatic heterocycles. The molecule has 1 heterocycles. The number of rotatable bonds is 2. The van der Waals surface area contributed by atoms with Crippen molar-refractivity contribution in [1.82, 2.24) is 9.97 Å². The van der Waals surface area contributed by atoms with Crippen molar-refractivity contribution in [3.63, 3.8) is 0 Å². The summed E-state index contributed by atoms with van der Waals surface area (Å²) in [6.07, 6.45) is 0. The number of halogens is 1. The molecule has 0 unspecified atom stereocenters. The smallest absolute Gasteiger partial charge is 0.225 e. The number of benzene rings is 2. The summed E-state index contributed by atoms with van der Waals surface area (Å²) < 4.78 is 0. The zero-order valence-corrected chi connectivity index (χ0v) is 12.1. The molecule has 20 heavy (non-hydrogen) atoms. The zero-order valence-electron chi connectivity index (χ0n) is 11.3. The van der Waals surface area contributed by atoms with Crippen molar-refractivity contribution in [2.45, 2.75) is 0 Å². The molecule has 0 amide bonds. The first-order chi connectivity index (χ1) is 9.65. The van der Waals surface area contributed by atoms with E-state index in [0.29, 0.717) is 11.0 Å². The largest absolute Gasteiger partial charge is 0.347 e. The quantitative estimate of drug-likeness (QED) is 0.711. The highest BCUT2D eigenvalue weighted by Gasteiger charge is 2.11. The normalized spacial score (nSPS) is 10.8. The van der Waals surface area contributed by atoms with E-state index in [4.69, 9.17) is 11.6 Å². The van der Waals surface area contributed by atoms with Gasteiger partial charge in [-0.25, -0.2) is 9.97 Å². The molecule has 3 nitrogen and oxygen atoms in total. The second-order valence-corrected chi connectivity index (χ2v) is 5.23. The van der Waals surface area contributed by atoms with Gasteiger partial charge in [0.25, 0.3) is 0 Å². The van der Waals surface area contributed by atoms with Gasteiger partial charge in [0.15, 0.2) is 0 Å². The molecule has 0 atom stereocenters. The van der Waals surface area contributed by atoms with Crippen molar-refractivity contribution >= 4 is 28.5 Å². The minimum Gasteiger partial charge on any atom is -0.347 e. The van der Waals surface area contributed by atoms with Gasteiger partial charge in [0.2, 0.25) is 5.95 Å². The van der Waals surface area contributed by atoms with Crippen LogP contribution in [-0.4, -0.2) is 24.1 Å². The van der Waals surface area contributed by atoms with E-state index in [2.05, 4.69) is 22.1 Å². The second kappa shape index (κ2) is 5.10. The third-order valence-electron chi connectivity index (χ3n) is 3.09. The molecular weight excluding hydrogens is 270 g/mol. The Balaban J connectivity index is 2.34. The van der Waals surface area contributed by atoms with Gasteiger partial charge in [-0.2, -0.15) is 0 Å². The summed E-state index contributed by atoms with van der Waals surface area (Å²) in [5.41, 5.74) is 2.86. The van der Waals surface area contributed by atoms with Crippen molar-refractivity contribution in [3.05, 3.63) is 53.6 Å². The first kappa shape index (κ1) is 12.9. The summed E-state index contributed by atoms with van der Waals surface area (Å²) in [6.45, 7) is 0. The van der Waals surface area contributed by atoms with Crippen LogP contribution in [0.2, 0.25) is 5.02 Å². The lowest BCUT2D eigenvalue weighted by molar-refractivity contribution is 1.02. The van der Waals surface area contributed by atoms with Gasteiger partial charge in [0.05, 0.1) is 11.2 Å². The van der Waals surface area contributed by atoms with Gasteiger partial charge < -0.3 is 4.90 Å². The fraction of sp³-hybridized carbons (Fsp3) is 0.125. The average molecular weight is 284 g/mol. The Labute approximate surface area is 122 Å². The molecule has 1 aromatic heterocycles. The number of nitrogens with zero attached hydrogens (tertiary/aromatic N) is 3. The lowest BCUT2D eigenvalue weighted by atomic mass is 10.1. The van der Waals surface area contributed by atoms with Gasteiger partial charge in [0.1, 0.15) is 0 Å². The second-order valence-electron chi connectivity index (χ2n) is 4.79. The van der Waals surface area contributed by atoms with E-state index in [1.807, 2.05) is 55.4 Å². The lowest BCUT2D eigenvalue weighted by Crippen LogP contribution is -2.13. The minimum atomic E-state index is 0.679. The molecule has 2 aromatic carbocycles. The predicted octanol–water partition coefficient (Wildman–Crippen LogP) is 4.02. The van der Waals surface area contributed by atoms with Crippen molar-refractivity contribution in [2.24, 2.45) is 0 Å². The van der Waals surface area contributed by atoms with E-state index < -0.39 is 0 Å². The van der Waals surface area contributed by atoms with Gasteiger partial charge in [-0.15, -0.1) is 0 Å². The van der Waals surface area contributed by atoms with Crippen LogP contribution in [0.1, 0.15) is 0 Å². The molecule has 0 saturated carbocycles. The van der Waals surface area contributed by atoms with Crippen LogP contribution in [0.4, 0.5) is 5.95 Å². The van der Waals surface area contributed by atoms with Crippen LogP contribution < -0.4 is 4.90 Å². The molecule has 100 valence electrons. The summed E-state index contributed by atoms with van der Waals surface area (Å²) in [7, 11) is 3.86. The van der Waals surface area contributed by atoms with Crippen LogP contribution >= 0.6 is 11.6 Å². The number of fused-ring (bicyclic) bond motifs is 1. The molecule has 3 aromatic rings. The topological polar surface area (TPSA) is 29.0 Å². The third kappa shape index (κ3) is 2.32. The SMILES string of the molecule is CN(C)c1nc(-c2ccccc2)c2ccc(Cl)cc2n1. The Hall–Kier alpha value is -2.13. The summed E-state index contributed by atoms with van der Waals surface area (Å²) in [5, 5.41) is 1.69. The maximum absolute atomic E-state index is 6.07. The lowest BCUT2D eigenvalue weighted by Gasteiger charge is -2.14. The molecule has 0 aliphatic carbocycles. The maximum Gasteiger partial charge on any atom is 0.225 e. The number of hydrogen-bond donors (Lipinski definition) is 0. The Morgan fingerprint density at radius 1 is 0.950 bits per heavy atom. The zero-order chi connectivity index (χ0) is 14.1. The van der Waals surface area contributed by atoms with Gasteiger partial charge in [-0.1, -0.05) is 41.9 Å². The molecule has 4 heteroatoms. The van der Waals surface area contributed by atoms with E-state index in [1.165, 1.54) is 0 Å². The van der Waals surface area contributed by atoms with Crippen molar-refractivity contribution < 1.29 is 0 Å². The van der Waals surface area contributed by atoms with E-state index in [1.54, 1.807) is 0 Å². The van der Waals surface area contributed by atoms with Gasteiger partial charge in [-0.05, 0) is 18.2 Å². The first-order valence-corrected chi connectivity index (χ1v) is 6.73. The van der Waals surface area contributed by atoms with Gasteiger partial charge >= 0.3 is 0 Å². The summed E-state index contributed by atoms with van der Waals surface area (Å²) in [4.78, 5) is 11.1. The van der Waals surface area contributed by atoms with Crippen LogP contribution in [0.3, 0.4) is 0 Å². The highest BCUT2D eigenvalue weighted by Crippen LogP contribution is 2.29. The van der Waals surface area contributed by atoms with Gasteiger partial charge in [-0.3, -0.25) is 0 Å². The Morgan fingerprint density at radius 3 is 2.40 bits per heavy atom. The van der Waals surface area contributed by atoms with Crippen LogP contribution in [0.15, 0.2) is 48.5 Å². The first-order valence-electron chi connectivity index (χ1n) is 6.35. The highest BCUT2D eigenvalue weighted by molar-refractivity contribution is 6.31. The van der Waals surface area contributed by atoms with E-state index >= 15 is 0 Å². The number of anilines is 1.